The molecule has 3 N–H and O–H groups in total. The van der Waals surface area contributed by atoms with Crippen molar-refractivity contribution in [1.29, 1.82) is 0 Å². The largest absolute Gasteiger partial charge is 0.513 e. The summed E-state index contributed by atoms with van der Waals surface area (Å²) in [6.07, 6.45) is 1.73. The average molecular weight is 535 g/mol. The highest BCUT2D eigenvalue weighted by atomic mass is 16.7. The lowest BCUT2D eigenvalue weighted by Gasteiger charge is -2.17. The third-order valence-corrected chi connectivity index (χ3v) is 5.44. The maximum atomic E-state index is 12.4. The molecule has 2 amide bonds. The summed E-state index contributed by atoms with van der Waals surface area (Å²) in [6.45, 7) is -0.167. The first-order valence-electron chi connectivity index (χ1n) is 12.0. The van der Waals surface area contributed by atoms with Crippen LogP contribution in [-0.2, 0) is 16.0 Å². The molecule has 10 heteroatoms. The number of ether oxygens (including phenoxy) is 4. The van der Waals surface area contributed by atoms with E-state index < -0.39 is 24.2 Å². The molecule has 0 bridgehead atoms. The number of rotatable bonds is 12. The Morgan fingerprint density at radius 2 is 1.49 bits per heavy atom. The predicted octanol–water partition coefficient (Wildman–Crippen LogP) is 4.38. The molecule has 1 unspecified atom stereocenters. The zero-order valence-corrected chi connectivity index (χ0v) is 21.6. The molecule has 0 saturated carbocycles. The quantitative estimate of drug-likeness (QED) is 0.135. The first-order valence-corrected chi connectivity index (χ1v) is 12.0. The van der Waals surface area contributed by atoms with E-state index in [1.54, 1.807) is 68.8 Å². The van der Waals surface area contributed by atoms with Gasteiger partial charge in [0, 0.05) is 12.5 Å². The Balaban J connectivity index is 1.44. The van der Waals surface area contributed by atoms with Gasteiger partial charge in [0.15, 0.2) is 0 Å². The van der Waals surface area contributed by atoms with Gasteiger partial charge >= 0.3 is 12.2 Å². The number of carbonyl (C=O) groups excluding carboxylic acids is 2. The number of hydrogen-bond donors (Lipinski definition) is 3. The van der Waals surface area contributed by atoms with E-state index in [-0.39, 0.29) is 25.3 Å². The van der Waals surface area contributed by atoms with Gasteiger partial charge in [-0.2, -0.15) is 0 Å². The molecule has 0 fully saturated rings. The van der Waals surface area contributed by atoms with Crippen LogP contribution in [0, 0.1) is 0 Å². The van der Waals surface area contributed by atoms with E-state index in [0.717, 1.165) is 16.7 Å². The molecule has 0 radical (unpaired) electrons. The molecule has 1 atom stereocenters. The summed E-state index contributed by atoms with van der Waals surface area (Å²) in [5.74, 6) is 1.12. The van der Waals surface area contributed by atoms with E-state index >= 15 is 0 Å². The second kappa shape index (κ2) is 14.7. The molecule has 3 rings (SSSR count). The lowest BCUT2D eigenvalue weighted by molar-refractivity contribution is -0.123. The monoisotopic (exact) mass is 534 g/mol. The maximum Gasteiger partial charge on any atom is 0.513 e. The number of benzene rings is 3. The van der Waals surface area contributed by atoms with Crippen LogP contribution in [0.4, 0.5) is 9.59 Å². The molecule has 0 aliphatic heterocycles. The van der Waals surface area contributed by atoms with E-state index in [1.807, 2.05) is 30.4 Å². The molecule has 204 valence electrons. The third kappa shape index (κ3) is 9.77. The van der Waals surface area contributed by atoms with Crippen molar-refractivity contribution >= 4 is 30.3 Å². The summed E-state index contributed by atoms with van der Waals surface area (Å²) in [4.78, 5) is 35.5. The van der Waals surface area contributed by atoms with Gasteiger partial charge in [-0.3, -0.25) is 4.79 Å². The molecule has 39 heavy (non-hydrogen) atoms. The standard InChI is InChI=1S/C29H30N2O8/c1-36-24-16-22(17-25(19-24)37-2)9-8-20-10-12-23(13-11-20)39-29(35)38-15-14-30-27(32)26(31-28(33)34)18-21-6-4-3-5-7-21/h3-13,16-17,19,26,31H,14-15,18H2,1-2H3,(H,30,32)(H,33,34)/b9-8+. The summed E-state index contributed by atoms with van der Waals surface area (Å²) >= 11 is 0. The van der Waals surface area contributed by atoms with Crippen LogP contribution in [-0.4, -0.2) is 56.7 Å². The number of carboxylic acid groups (broad SMARTS) is 1. The molecule has 3 aromatic carbocycles. The highest BCUT2D eigenvalue weighted by molar-refractivity contribution is 5.85. The topological polar surface area (TPSA) is 132 Å². The minimum absolute atomic E-state index is 0.0146. The van der Waals surface area contributed by atoms with Crippen molar-refractivity contribution in [3.63, 3.8) is 0 Å². The zero-order valence-electron chi connectivity index (χ0n) is 21.6. The minimum Gasteiger partial charge on any atom is -0.497 e. The van der Waals surface area contributed by atoms with Gasteiger partial charge in [-0.1, -0.05) is 54.6 Å². The van der Waals surface area contributed by atoms with Gasteiger partial charge in [0.2, 0.25) is 5.91 Å². The molecule has 0 aliphatic carbocycles. The summed E-state index contributed by atoms with van der Waals surface area (Å²) < 4.78 is 20.7. The van der Waals surface area contributed by atoms with Gasteiger partial charge in [-0.25, -0.2) is 9.59 Å². The van der Waals surface area contributed by atoms with Crippen molar-refractivity contribution in [2.75, 3.05) is 27.4 Å². The van der Waals surface area contributed by atoms with Crippen molar-refractivity contribution in [3.8, 4) is 17.2 Å². The van der Waals surface area contributed by atoms with Crippen molar-refractivity contribution in [3.05, 3.63) is 89.5 Å². The molecule has 10 nitrogen and oxygen atoms in total. The van der Waals surface area contributed by atoms with Crippen LogP contribution in [0.25, 0.3) is 12.2 Å². The molecular weight excluding hydrogens is 504 g/mol. The Kier molecular flexibility index (Phi) is 10.8. The van der Waals surface area contributed by atoms with Gasteiger partial charge < -0.3 is 34.7 Å². The molecule has 0 spiro atoms. The van der Waals surface area contributed by atoms with Crippen molar-refractivity contribution in [2.45, 2.75) is 12.5 Å². The van der Waals surface area contributed by atoms with E-state index in [9.17, 15) is 14.4 Å². The first kappa shape index (κ1) is 28.6. The fourth-order valence-corrected chi connectivity index (χ4v) is 3.53. The smallest absolute Gasteiger partial charge is 0.497 e. The van der Waals surface area contributed by atoms with Crippen LogP contribution in [0.3, 0.4) is 0 Å². The van der Waals surface area contributed by atoms with Crippen LogP contribution in [0.15, 0.2) is 72.8 Å². The van der Waals surface area contributed by atoms with Crippen molar-refractivity contribution < 1.29 is 38.4 Å². The number of carbonyl (C=O) groups is 3. The van der Waals surface area contributed by atoms with Crippen molar-refractivity contribution in [2.24, 2.45) is 0 Å². The fraction of sp³-hybridized carbons (Fsp3) is 0.207. The molecule has 0 heterocycles. The van der Waals surface area contributed by atoms with Crippen LogP contribution in [0.2, 0.25) is 0 Å². The SMILES string of the molecule is COc1cc(/C=C/c2ccc(OC(=O)OCCNC(=O)C(Cc3ccccc3)NC(=O)O)cc2)cc(OC)c1. The lowest BCUT2D eigenvalue weighted by Crippen LogP contribution is -2.48. The second-order valence-electron chi connectivity index (χ2n) is 8.23. The van der Waals surface area contributed by atoms with Gasteiger partial charge in [0.1, 0.15) is 29.9 Å². The minimum atomic E-state index is -1.31. The molecular formula is C29H30N2O8. The van der Waals surface area contributed by atoms with Crippen LogP contribution in [0.5, 0.6) is 17.2 Å². The first-order chi connectivity index (χ1) is 18.9. The normalized spacial score (nSPS) is 11.3. The van der Waals surface area contributed by atoms with E-state index in [2.05, 4.69) is 10.6 Å². The Bertz CT molecular complexity index is 1250. The number of amides is 2. The van der Waals surface area contributed by atoms with Gasteiger partial charge in [0.25, 0.3) is 0 Å². The van der Waals surface area contributed by atoms with Gasteiger partial charge in [-0.15, -0.1) is 0 Å². The number of nitrogens with one attached hydrogen (secondary N) is 2. The highest BCUT2D eigenvalue weighted by Crippen LogP contribution is 2.24. The Morgan fingerprint density at radius 3 is 2.10 bits per heavy atom. The predicted molar refractivity (Wildman–Crippen MR) is 145 cm³/mol. The fourth-order valence-electron chi connectivity index (χ4n) is 3.53. The Labute approximate surface area is 226 Å². The third-order valence-electron chi connectivity index (χ3n) is 5.44. The zero-order chi connectivity index (χ0) is 28.0. The Hall–Kier alpha value is -4.99. The summed E-state index contributed by atoms with van der Waals surface area (Å²) in [5.41, 5.74) is 2.57. The number of hydrogen-bond acceptors (Lipinski definition) is 7. The number of methoxy groups -OCH3 is 2. The summed E-state index contributed by atoms with van der Waals surface area (Å²) in [6, 6.07) is 20.4. The second-order valence-corrected chi connectivity index (χ2v) is 8.23. The molecule has 0 aliphatic rings. The van der Waals surface area contributed by atoms with Crippen LogP contribution in [0.1, 0.15) is 16.7 Å². The average Bonchev–Trinajstić information content (AvgIpc) is 2.94. The molecule has 3 aromatic rings. The molecule has 0 saturated heterocycles. The van der Waals surface area contributed by atoms with E-state index in [1.165, 1.54) is 0 Å². The summed E-state index contributed by atoms with van der Waals surface area (Å²) in [5, 5.41) is 13.8. The maximum absolute atomic E-state index is 12.4. The van der Waals surface area contributed by atoms with Gasteiger partial charge in [0.05, 0.1) is 20.8 Å². The van der Waals surface area contributed by atoms with Gasteiger partial charge in [-0.05, 0) is 41.0 Å². The van der Waals surface area contributed by atoms with E-state index in [0.29, 0.717) is 11.5 Å². The lowest BCUT2D eigenvalue weighted by atomic mass is 10.1. The Morgan fingerprint density at radius 1 is 0.846 bits per heavy atom. The summed E-state index contributed by atoms with van der Waals surface area (Å²) in [7, 11) is 3.18. The van der Waals surface area contributed by atoms with Crippen LogP contribution >= 0.6 is 0 Å². The van der Waals surface area contributed by atoms with Crippen LogP contribution < -0.4 is 24.8 Å². The van der Waals surface area contributed by atoms with Crippen molar-refractivity contribution in [1.82, 2.24) is 10.6 Å². The van der Waals surface area contributed by atoms with E-state index in [4.69, 9.17) is 24.1 Å². The molecule has 0 aromatic heterocycles. The highest BCUT2D eigenvalue weighted by Gasteiger charge is 2.20.